The lowest BCUT2D eigenvalue weighted by Crippen LogP contribution is -2.41. The highest BCUT2D eigenvalue weighted by molar-refractivity contribution is 6.32. The lowest BCUT2D eigenvalue weighted by molar-refractivity contribution is -0.135. The first kappa shape index (κ1) is 18.3. The van der Waals surface area contributed by atoms with Gasteiger partial charge < -0.3 is 10.6 Å². The van der Waals surface area contributed by atoms with Gasteiger partial charge >= 0.3 is 0 Å². The number of rotatable bonds is 4. The van der Waals surface area contributed by atoms with E-state index in [0.717, 1.165) is 5.56 Å². The molecule has 2 N–H and O–H groups in total. The van der Waals surface area contributed by atoms with E-state index in [-0.39, 0.29) is 0 Å². The van der Waals surface area contributed by atoms with Gasteiger partial charge in [-0.1, -0.05) is 35.3 Å². The van der Waals surface area contributed by atoms with Gasteiger partial charge in [-0.05, 0) is 56.7 Å². The summed E-state index contributed by atoms with van der Waals surface area (Å²) in [5.41, 5.74) is 0.582. The summed E-state index contributed by atoms with van der Waals surface area (Å²) in [5.74, 6) is -0.852. The van der Waals surface area contributed by atoms with Crippen molar-refractivity contribution in [3.63, 3.8) is 0 Å². The number of hydrogen-bond acceptors (Lipinski definition) is 2. The summed E-state index contributed by atoms with van der Waals surface area (Å²) in [5, 5.41) is 6.52. The molecule has 6 heteroatoms. The first-order chi connectivity index (χ1) is 11.2. The monoisotopic (exact) mass is 364 g/mol. The van der Waals surface area contributed by atoms with Crippen LogP contribution in [-0.4, -0.2) is 11.8 Å². The number of carbonyl (C=O) groups is 2. The van der Waals surface area contributed by atoms with Crippen molar-refractivity contribution in [3.8, 4) is 0 Å². The minimum Gasteiger partial charge on any atom is -0.325 e. The zero-order chi connectivity index (χ0) is 17.9. The van der Waals surface area contributed by atoms with E-state index in [2.05, 4.69) is 10.6 Å². The molecule has 0 bridgehead atoms. The summed E-state index contributed by atoms with van der Waals surface area (Å²) < 4.78 is 0. The molecule has 0 atom stereocenters. The molecule has 0 radical (unpaired) electrons. The summed E-state index contributed by atoms with van der Waals surface area (Å²) in [7, 11) is 0. The van der Waals surface area contributed by atoms with Crippen molar-refractivity contribution in [2.24, 2.45) is 5.41 Å². The molecule has 4 nitrogen and oxygen atoms in total. The van der Waals surface area contributed by atoms with Crippen LogP contribution in [0, 0.1) is 12.3 Å². The number of halogens is 2. The maximum atomic E-state index is 12.6. The van der Waals surface area contributed by atoms with Crippen LogP contribution in [0.25, 0.3) is 0 Å². The van der Waals surface area contributed by atoms with Crippen molar-refractivity contribution in [2.75, 3.05) is 10.6 Å². The van der Waals surface area contributed by atoms with E-state index in [1.807, 2.05) is 0 Å². The summed E-state index contributed by atoms with van der Waals surface area (Å²) >= 11 is 12.0. The average Bonchev–Trinajstić information content (AvgIpc) is 2.51. The molecule has 0 fully saturated rings. The van der Waals surface area contributed by atoms with Crippen molar-refractivity contribution >= 4 is 46.4 Å². The first-order valence-corrected chi connectivity index (χ1v) is 8.11. The highest BCUT2D eigenvalue weighted by Gasteiger charge is 2.36. The third kappa shape index (κ3) is 4.08. The molecule has 0 heterocycles. The van der Waals surface area contributed by atoms with E-state index in [1.165, 1.54) is 0 Å². The Morgan fingerprint density at radius 1 is 0.958 bits per heavy atom. The van der Waals surface area contributed by atoms with Crippen molar-refractivity contribution in [1.82, 2.24) is 0 Å². The number of anilines is 2. The van der Waals surface area contributed by atoms with E-state index < -0.39 is 17.2 Å². The molecule has 2 amide bonds. The number of amides is 2. The lowest BCUT2D eigenvalue weighted by atomic mass is 9.90. The maximum Gasteiger partial charge on any atom is 0.239 e. The molecule has 0 saturated heterocycles. The summed E-state index contributed by atoms with van der Waals surface area (Å²) in [4.78, 5) is 25.0. The maximum absolute atomic E-state index is 12.6. The summed E-state index contributed by atoms with van der Waals surface area (Å²) in [6.45, 7) is 4.92. The normalized spacial score (nSPS) is 11.0. The molecule has 126 valence electrons. The second-order valence-corrected chi connectivity index (χ2v) is 6.80. The molecular formula is C18H18Cl2N2O2. The fourth-order valence-corrected chi connectivity index (χ4v) is 2.34. The quantitative estimate of drug-likeness (QED) is 0.757. The SMILES string of the molecule is Cc1c(Cl)cccc1NC(=O)C(C)(C)C(=O)Nc1cccc(Cl)c1. The van der Waals surface area contributed by atoms with Crippen LogP contribution in [0.2, 0.25) is 10.0 Å². The van der Waals surface area contributed by atoms with Gasteiger partial charge in [-0.3, -0.25) is 9.59 Å². The number of carbonyl (C=O) groups excluding carboxylic acids is 2. The Bertz CT molecular complexity index is 788. The summed E-state index contributed by atoms with van der Waals surface area (Å²) in [6.07, 6.45) is 0. The molecule has 0 aromatic heterocycles. The lowest BCUT2D eigenvalue weighted by Gasteiger charge is -2.23. The third-order valence-corrected chi connectivity index (χ3v) is 4.38. The van der Waals surface area contributed by atoms with Crippen LogP contribution in [0.5, 0.6) is 0 Å². The van der Waals surface area contributed by atoms with Gasteiger partial charge in [-0.2, -0.15) is 0 Å². The molecule has 0 aliphatic carbocycles. The van der Waals surface area contributed by atoms with Gasteiger partial charge in [-0.25, -0.2) is 0 Å². The van der Waals surface area contributed by atoms with Crippen LogP contribution >= 0.6 is 23.2 Å². The first-order valence-electron chi connectivity index (χ1n) is 7.35. The van der Waals surface area contributed by atoms with E-state index in [4.69, 9.17) is 23.2 Å². The van der Waals surface area contributed by atoms with Crippen LogP contribution in [0.1, 0.15) is 19.4 Å². The van der Waals surface area contributed by atoms with Crippen LogP contribution in [0.3, 0.4) is 0 Å². The Morgan fingerprint density at radius 3 is 2.25 bits per heavy atom. The van der Waals surface area contributed by atoms with Crippen molar-refractivity contribution < 1.29 is 9.59 Å². The van der Waals surface area contributed by atoms with Gasteiger partial charge in [0, 0.05) is 21.4 Å². The van der Waals surface area contributed by atoms with Gasteiger partial charge in [0.25, 0.3) is 0 Å². The van der Waals surface area contributed by atoms with Gasteiger partial charge in [0.15, 0.2) is 0 Å². The number of hydrogen-bond donors (Lipinski definition) is 2. The third-order valence-electron chi connectivity index (χ3n) is 3.73. The molecule has 2 aromatic carbocycles. The van der Waals surface area contributed by atoms with E-state index >= 15 is 0 Å². The minimum absolute atomic E-state index is 0.424. The Morgan fingerprint density at radius 2 is 1.58 bits per heavy atom. The molecule has 2 rings (SSSR count). The van der Waals surface area contributed by atoms with Crippen molar-refractivity contribution in [3.05, 3.63) is 58.1 Å². The Hall–Kier alpha value is -2.04. The zero-order valence-electron chi connectivity index (χ0n) is 13.6. The van der Waals surface area contributed by atoms with Crippen LogP contribution < -0.4 is 10.6 Å². The molecule has 24 heavy (non-hydrogen) atoms. The van der Waals surface area contributed by atoms with Gasteiger partial charge in [-0.15, -0.1) is 0 Å². The largest absolute Gasteiger partial charge is 0.325 e. The van der Waals surface area contributed by atoms with E-state index in [9.17, 15) is 9.59 Å². The fraction of sp³-hybridized carbons (Fsp3) is 0.222. The van der Waals surface area contributed by atoms with Gasteiger partial charge in [0.1, 0.15) is 5.41 Å². The molecule has 0 unspecified atom stereocenters. The molecular weight excluding hydrogens is 347 g/mol. The standard InChI is InChI=1S/C18H18Cl2N2O2/c1-11-14(20)8-5-9-15(11)22-17(24)18(2,3)16(23)21-13-7-4-6-12(19)10-13/h4-10H,1-3H3,(H,21,23)(H,22,24). The predicted octanol–water partition coefficient (Wildman–Crippen LogP) is 4.91. The van der Waals surface area contributed by atoms with Crippen molar-refractivity contribution in [1.29, 1.82) is 0 Å². The minimum atomic E-state index is -1.28. The Labute approximate surface area is 151 Å². The fourth-order valence-electron chi connectivity index (χ4n) is 1.98. The van der Waals surface area contributed by atoms with Crippen molar-refractivity contribution in [2.45, 2.75) is 20.8 Å². The number of benzene rings is 2. The predicted molar refractivity (Wildman–Crippen MR) is 98.7 cm³/mol. The average molecular weight is 365 g/mol. The highest BCUT2D eigenvalue weighted by Crippen LogP contribution is 2.26. The van der Waals surface area contributed by atoms with E-state index in [1.54, 1.807) is 63.2 Å². The molecule has 0 spiro atoms. The van der Waals surface area contributed by atoms with Crippen LogP contribution in [-0.2, 0) is 9.59 Å². The van der Waals surface area contributed by atoms with Crippen LogP contribution in [0.4, 0.5) is 11.4 Å². The summed E-state index contributed by atoms with van der Waals surface area (Å²) in [6, 6.07) is 12.0. The Kier molecular flexibility index (Phi) is 5.52. The van der Waals surface area contributed by atoms with E-state index in [0.29, 0.717) is 21.4 Å². The number of nitrogens with one attached hydrogen (secondary N) is 2. The zero-order valence-corrected chi connectivity index (χ0v) is 15.1. The molecule has 2 aromatic rings. The van der Waals surface area contributed by atoms with Gasteiger partial charge in [0.05, 0.1) is 0 Å². The van der Waals surface area contributed by atoms with Gasteiger partial charge in [0.2, 0.25) is 11.8 Å². The molecule has 0 saturated carbocycles. The Balaban J connectivity index is 2.14. The molecule has 0 aliphatic rings. The second-order valence-electron chi connectivity index (χ2n) is 5.96. The van der Waals surface area contributed by atoms with Crippen LogP contribution in [0.15, 0.2) is 42.5 Å². The highest BCUT2D eigenvalue weighted by atomic mass is 35.5. The smallest absolute Gasteiger partial charge is 0.239 e. The molecule has 0 aliphatic heterocycles. The topological polar surface area (TPSA) is 58.2 Å². The second kappa shape index (κ2) is 7.24.